The van der Waals surface area contributed by atoms with Crippen LogP contribution in [0.4, 0.5) is 5.69 Å². The molecule has 0 aliphatic carbocycles. The van der Waals surface area contributed by atoms with Crippen molar-refractivity contribution in [2.75, 3.05) is 4.90 Å². The van der Waals surface area contributed by atoms with E-state index < -0.39 is 0 Å². The fourth-order valence-corrected chi connectivity index (χ4v) is 3.76. The molecule has 3 rings (SSSR count). The van der Waals surface area contributed by atoms with Crippen LogP contribution in [0.25, 0.3) is 6.08 Å². The van der Waals surface area contributed by atoms with Gasteiger partial charge in [-0.1, -0.05) is 47.7 Å². The van der Waals surface area contributed by atoms with E-state index in [0.717, 1.165) is 10.0 Å². The molecule has 0 radical (unpaired) electrons. The molecule has 23 heavy (non-hydrogen) atoms. The lowest BCUT2D eigenvalue weighted by atomic mass is 10.2. The third-order valence-corrected chi connectivity index (χ3v) is 5.68. The average Bonchev–Trinajstić information content (AvgIpc) is 2.79. The minimum atomic E-state index is -0.188. The number of benzene rings is 2. The molecule has 2 aromatic rings. The van der Waals surface area contributed by atoms with Crippen LogP contribution in [0.5, 0.6) is 5.75 Å². The first-order chi connectivity index (χ1) is 11.0. The van der Waals surface area contributed by atoms with Crippen molar-refractivity contribution in [3.05, 3.63) is 62.4 Å². The Hall–Kier alpha value is -1.34. The number of hydrogen-bond acceptors (Lipinski definition) is 4. The van der Waals surface area contributed by atoms with Gasteiger partial charge in [0, 0.05) is 4.47 Å². The van der Waals surface area contributed by atoms with E-state index in [2.05, 4.69) is 15.9 Å². The first kappa shape index (κ1) is 16.5. The summed E-state index contributed by atoms with van der Waals surface area (Å²) >= 11 is 16.0. The van der Waals surface area contributed by atoms with Crippen molar-refractivity contribution in [1.29, 1.82) is 0 Å². The van der Waals surface area contributed by atoms with Gasteiger partial charge in [0.2, 0.25) is 0 Å². The minimum Gasteiger partial charge on any atom is -0.508 e. The molecule has 7 heteroatoms. The van der Waals surface area contributed by atoms with Crippen molar-refractivity contribution in [2.24, 2.45) is 0 Å². The predicted molar refractivity (Wildman–Crippen MR) is 103 cm³/mol. The van der Waals surface area contributed by atoms with Gasteiger partial charge in [-0.25, -0.2) is 0 Å². The summed E-state index contributed by atoms with van der Waals surface area (Å²) in [6.45, 7) is 0. The van der Waals surface area contributed by atoms with E-state index in [0.29, 0.717) is 19.9 Å². The molecule has 1 N–H and O–H groups in total. The fourth-order valence-electron chi connectivity index (χ4n) is 2.04. The highest BCUT2D eigenvalue weighted by molar-refractivity contribution is 9.10. The zero-order valence-electron chi connectivity index (χ0n) is 11.5. The predicted octanol–water partition coefficient (Wildman–Crippen LogP) is 5.21. The average molecular weight is 427 g/mol. The number of hydrogen-bond donors (Lipinski definition) is 1. The Labute approximate surface area is 156 Å². The number of anilines is 1. The smallest absolute Gasteiger partial charge is 0.270 e. The molecule has 1 aliphatic rings. The van der Waals surface area contributed by atoms with E-state index in [-0.39, 0.29) is 11.7 Å². The zero-order valence-corrected chi connectivity index (χ0v) is 15.5. The third-order valence-electron chi connectivity index (χ3n) is 3.15. The van der Waals surface area contributed by atoms with Gasteiger partial charge in [0.25, 0.3) is 5.91 Å². The quantitative estimate of drug-likeness (QED) is 0.528. The van der Waals surface area contributed by atoms with Crippen molar-refractivity contribution in [1.82, 2.24) is 0 Å². The number of thioether (sulfide) groups is 1. The lowest BCUT2D eigenvalue weighted by Crippen LogP contribution is -2.27. The largest absolute Gasteiger partial charge is 0.508 e. The van der Waals surface area contributed by atoms with Crippen molar-refractivity contribution in [3.8, 4) is 5.75 Å². The number of rotatable bonds is 2. The summed E-state index contributed by atoms with van der Waals surface area (Å²) in [7, 11) is 0. The summed E-state index contributed by atoms with van der Waals surface area (Å²) in [6.07, 6.45) is 1.75. The molecule has 1 amide bonds. The first-order valence-electron chi connectivity index (χ1n) is 6.48. The van der Waals surface area contributed by atoms with Crippen molar-refractivity contribution < 1.29 is 9.90 Å². The molecule has 0 saturated carbocycles. The fraction of sp³-hybridized carbons (Fsp3) is 0. The van der Waals surface area contributed by atoms with Gasteiger partial charge in [0.05, 0.1) is 15.6 Å². The lowest BCUT2D eigenvalue weighted by Gasteiger charge is -2.15. The lowest BCUT2D eigenvalue weighted by molar-refractivity contribution is -0.113. The summed E-state index contributed by atoms with van der Waals surface area (Å²) in [5.74, 6) is -0.00864. The number of carbonyl (C=O) groups is 1. The molecule has 0 spiro atoms. The number of amides is 1. The highest BCUT2D eigenvalue weighted by Crippen LogP contribution is 2.38. The van der Waals surface area contributed by atoms with E-state index >= 15 is 0 Å². The molecule has 0 aromatic heterocycles. The minimum absolute atomic E-state index is 0.180. The van der Waals surface area contributed by atoms with Gasteiger partial charge in [-0.15, -0.1) is 0 Å². The maximum absolute atomic E-state index is 12.6. The molecule has 1 aliphatic heterocycles. The molecular formula is C16H9BrClNO2S2. The van der Waals surface area contributed by atoms with E-state index in [4.69, 9.17) is 23.8 Å². The molecular weight excluding hydrogens is 418 g/mol. The summed E-state index contributed by atoms with van der Waals surface area (Å²) < 4.78 is 1.21. The Kier molecular flexibility index (Phi) is 4.77. The second kappa shape index (κ2) is 6.65. The van der Waals surface area contributed by atoms with Crippen LogP contribution in [0.3, 0.4) is 0 Å². The van der Waals surface area contributed by atoms with Gasteiger partial charge in [0.1, 0.15) is 5.75 Å². The van der Waals surface area contributed by atoms with Crippen molar-refractivity contribution >= 4 is 73.5 Å². The van der Waals surface area contributed by atoms with Gasteiger partial charge in [-0.3, -0.25) is 9.69 Å². The summed E-state index contributed by atoms with van der Waals surface area (Å²) in [5.41, 5.74) is 1.45. The second-order valence-corrected chi connectivity index (χ2v) is 7.64. The van der Waals surface area contributed by atoms with Crippen LogP contribution in [-0.4, -0.2) is 15.3 Å². The van der Waals surface area contributed by atoms with E-state index in [9.17, 15) is 9.90 Å². The topological polar surface area (TPSA) is 40.5 Å². The number of thiocarbonyl (C=S) groups is 1. The van der Waals surface area contributed by atoms with Crippen molar-refractivity contribution in [3.63, 3.8) is 0 Å². The van der Waals surface area contributed by atoms with Crippen LogP contribution in [0.15, 0.2) is 51.8 Å². The second-order valence-electron chi connectivity index (χ2n) is 4.71. The van der Waals surface area contributed by atoms with Crippen LogP contribution >= 0.6 is 51.5 Å². The summed E-state index contributed by atoms with van der Waals surface area (Å²) in [5, 5.41) is 9.83. The summed E-state index contributed by atoms with van der Waals surface area (Å²) in [6, 6.07) is 11.9. The molecule has 1 saturated heterocycles. The van der Waals surface area contributed by atoms with Gasteiger partial charge >= 0.3 is 0 Å². The van der Waals surface area contributed by atoms with Crippen molar-refractivity contribution in [2.45, 2.75) is 0 Å². The normalized spacial score (nSPS) is 16.4. The Morgan fingerprint density at radius 2 is 1.91 bits per heavy atom. The van der Waals surface area contributed by atoms with Crippen LogP contribution in [0, 0.1) is 0 Å². The maximum atomic E-state index is 12.6. The van der Waals surface area contributed by atoms with Gasteiger partial charge < -0.3 is 5.11 Å². The Morgan fingerprint density at radius 1 is 1.22 bits per heavy atom. The maximum Gasteiger partial charge on any atom is 0.270 e. The zero-order chi connectivity index (χ0) is 16.6. The van der Waals surface area contributed by atoms with Gasteiger partial charge in [-0.05, 0) is 57.9 Å². The molecule has 0 atom stereocenters. The Morgan fingerprint density at radius 3 is 2.57 bits per heavy atom. The first-order valence-corrected chi connectivity index (χ1v) is 8.87. The number of halogens is 2. The number of nitrogens with zero attached hydrogens (tertiary/aromatic N) is 1. The highest BCUT2D eigenvalue weighted by atomic mass is 79.9. The number of phenols is 1. The van der Waals surface area contributed by atoms with Gasteiger partial charge in [-0.2, -0.15) is 0 Å². The highest BCUT2D eigenvalue weighted by Gasteiger charge is 2.33. The summed E-state index contributed by atoms with van der Waals surface area (Å²) in [4.78, 5) is 14.6. The Balaban J connectivity index is 1.93. The Bertz CT molecular complexity index is 836. The SMILES string of the molecule is O=C1/C(=C\c2ccc(O)cc2)SC(=S)N1c1ccc(Br)c(Cl)c1. The molecule has 1 fully saturated rings. The van der Waals surface area contributed by atoms with Gasteiger partial charge in [0.15, 0.2) is 4.32 Å². The van der Waals surface area contributed by atoms with Crippen LogP contribution in [0.1, 0.15) is 5.56 Å². The van der Waals surface area contributed by atoms with E-state index in [1.165, 1.54) is 16.7 Å². The molecule has 0 bridgehead atoms. The van der Waals surface area contributed by atoms with E-state index in [1.807, 2.05) is 0 Å². The van der Waals surface area contributed by atoms with Crippen LogP contribution in [-0.2, 0) is 4.79 Å². The standard InChI is InChI=1S/C16H9BrClNO2S2/c17-12-6-3-10(8-13(12)18)19-15(21)14(23-16(19)22)7-9-1-4-11(20)5-2-9/h1-8,20H/b14-7+. The molecule has 3 nitrogen and oxygen atoms in total. The van der Waals surface area contributed by atoms with Crippen LogP contribution in [0.2, 0.25) is 5.02 Å². The molecule has 116 valence electrons. The van der Waals surface area contributed by atoms with E-state index in [1.54, 1.807) is 48.5 Å². The number of carbonyl (C=O) groups excluding carboxylic acids is 1. The third kappa shape index (κ3) is 3.45. The molecule has 2 aromatic carbocycles. The number of aromatic hydroxyl groups is 1. The molecule has 1 heterocycles. The molecule has 0 unspecified atom stereocenters. The number of phenolic OH excluding ortho intramolecular Hbond substituents is 1. The monoisotopic (exact) mass is 425 g/mol. The van der Waals surface area contributed by atoms with Crippen LogP contribution < -0.4 is 4.90 Å².